The molecule has 2 aromatic heterocycles. The van der Waals surface area contributed by atoms with Gasteiger partial charge in [-0.15, -0.1) is 22.7 Å². The van der Waals surface area contributed by atoms with Gasteiger partial charge < -0.3 is 10.4 Å². The van der Waals surface area contributed by atoms with Gasteiger partial charge in [0.15, 0.2) is 10.0 Å². The Labute approximate surface area is 165 Å². The van der Waals surface area contributed by atoms with Crippen LogP contribution in [0.5, 0.6) is 0 Å². The van der Waals surface area contributed by atoms with Crippen molar-refractivity contribution in [3.8, 4) is 10.0 Å². The number of halogens is 1. The van der Waals surface area contributed by atoms with E-state index in [0.29, 0.717) is 22.9 Å². The number of hydrogen-bond donors (Lipinski definition) is 2. The van der Waals surface area contributed by atoms with Crippen molar-refractivity contribution in [2.24, 2.45) is 11.8 Å². The minimum Gasteiger partial charge on any atom is -0.387 e. The molecule has 1 aliphatic rings. The fourth-order valence-corrected chi connectivity index (χ4v) is 4.65. The lowest BCUT2D eigenvalue weighted by atomic mass is 10.0. The number of nitrogens with zero attached hydrogens (tertiary/aromatic N) is 2. The number of amides is 1. The van der Waals surface area contributed by atoms with E-state index in [9.17, 15) is 14.3 Å². The van der Waals surface area contributed by atoms with Crippen molar-refractivity contribution in [1.29, 1.82) is 0 Å². The Morgan fingerprint density at radius 3 is 2.78 bits per heavy atom. The van der Waals surface area contributed by atoms with Crippen LogP contribution in [-0.4, -0.2) is 27.5 Å². The number of aromatic nitrogens is 2. The topological polar surface area (TPSA) is 75.1 Å². The first-order valence-corrected chi connectivity index (χ1v) is 10.4. The molecule has 144 valence electrons. The van der Waals surface area contributed by atoms with Gasteiger partial charge in [-0.25, -0.2) is 14.4 Å². The number of thiazole rings is 2. The third kappa shape index (κ3) is 4.69. The predicted molar refractivity (Wildman–Crippen MR) is 107 cm³/mol. The van der Waals surface area contributed by atoms with Gasteiger partial charge in [0, 0.05) is 17.6 Å². The van der Waals surface area contributed by atoms with E-state index in [1.165, 1.54) is 34.8 Å². The van der Waals surface area contributed by atoms with Crippen LogP contribution in [0, 0.1) is 18.8 Å². The van der Waals surface area contributed by atoms with E-state index in [2.05, 4.69) is 15.3 Å². The smallest absolute Gasteiger partial charge is 0.271 e. The Balaban J connectivity index is 1.80. The highest BCUT2D eigenvalue weighted by molar-refractivity contribution is 7.21. The van der Waals surface area contributed by atoms with Gasteiger partial charge in [0.2, 0.25) is 0 Å². The van der Waals surface area contributed by atoms with Crippen LogP contribution in [0.2, 0.25) is 0 Å². The molecule has 27 heavy (non-hydrogen) atoms. The average Bonchev–Trinajstić information content (AvgIpc) is 3.26. The Hall–Kier alpha value is -1.90. The van der Waals surface area contributed by atoms with Crippen molar-refractivity contribution >= 4 is 28.6 Å². The zero-order valence-corrected chi connectivity index (χ0v) is 17.0. The van der Waals surface area contributed by atoms with E-state index in [1.807, 2.05) is 20.8 Å². The van der Waals surface area contributed by atoms with Crippen molar-refractivity contribution in [2.75, 3.05) is 6.54 Å². The lowest BCUT2D eigenvalue weighted by molar-refractivity contribution is 0.0928. The van der Waals surface area contributed by atoms with Gasteiger partial charge in [0.1, 0.15) is 11.5 Å². The van der Waals surface area contributed by atoms with Crippen molar-refractivity contribution in [3.05, 3.63) is 45.7 Å². The minimum absolute atomic E-state index is 0.0442. The summed E-state index contributed by atoms with van der Waals surface area (Å²) >= 11 is 2.81. The summed E-state index contributed by atoms with van der Waals surface area (Å²) in [5, 5.41) is 14.8. The van der Waals surface area contributed by atoms with Crippen LogP contribution < -0.4 is 5.32 Å². The maximum Gasteiger partial charge on any atom is 0.271 e. The maximum absolute atomic E-state index is 13.0. The molecule has 2 heterocycles. The van der Waals surface area contributed by atoms with E-state index >= 15 is 0 Å². The Morgan fingerprint density at radius 2 is 2.19 bits per heavy atom. The van der Waals surface area contributed by atoms with Gasteiger partial charge in [-0.3, -0.25) is 4.79 Å². The fourth-order valence-electron chi connectivity index (χ4n) is 2.64. The standard InChI is InChI=1S/C19H22FN3O2S2/c1-10(2)15(24)16-14(23-19(27-16)18-22-8-11(3)26-18)17(25)21-9-12-4-6-13(20)7-5-12/h4,6-8,10,12,15,24H,5,9H2,1-3H3,(H,21,25). The fraction of sp³-hybridized carbons (Fsp3) is 0.421. The summed E-state index contributed by atoms with van der Waals surface area (Å²) in [5.74, 6) is -0.574. The zero-order valence-electron chi connectivity index (χ0n) is 15.4. The number of aliphatic hydroxyl groups is 1. The molecule has 5 nitrogen and oxygen atoms in total. The summed E-state index contributed by atoms with van der Waals surface area (Å²) in [4.78, 5) is 23.2. The molecule has 2 unspecified atom stereocenters. The van der Waals surface area contributed by atoms with Crippen molar-refractivity contribution in [2.45, 2.75) is 33.3 Å². The largest absolute Gasteiger partial charge is 0.387 e. The lowest BCUT2D eigenvalue weighted by Gasteiger charge is -2.16. The van der Waals surface area contributed by atoms with Crippen molar-refractivity contribution in [3.63, 3.8) is 0 Å². The number of aryl methyl sites for hydroxylation is 1. The van der Waals surface area contributed by atoms with Gasteiger partial charge >= 0.3 is 0 Å². The maximum atomic E-state index is 13.0. The van der Waals surface area contributed by atoms with E-state index in [1.54, 1.807) is 12.3 Å². The Kier molecular flexibility index (Phi) is 6.18. The SMILES string of the molecule is Cc1cnc(-c2nc(C(=O)NCC3C=CC(F)=CC3)c(C(O)C(C)C)s2)s1. The Bertz CT molecular complexity index is 885. The highest BCUT2D eigenvalue weighted by Crippen LogP contribution is 2.36. The second kappa shape index (κ2) is 8.41. The normalized spacial score (nSPS) is 17.9. The van der Waals surface area contributed by atoms with Crippen LogP contribution in [0.4, 0.5) is 4.39 Å². The molecule has 0 saturated heterocycles. The Morgan fingerprint density at radius 1 is 1.41 bits per heavy atom. The average molecular weight is 408 g/mol. The molecule has 2 aromatic rings. The van der Waals surface area contributed by atoms with Crippen LogP contribution in [0.15, 0.2) is 30.3 Å². The predicted octanol–water partition coefficient (Wildman–Crippen LogP) is 4.42. The van der Waals surface area contributed by atoms with Crippen molar-refractivity contribution in [1.82, 2.24) is 15.3 Å². The monoisotopic (exact) mass is 407 g/mol. The molecule has 8 heteroatoms. The van der Waals surface area contributed by atoms with Crippen LogP contribution in [-0.2, 0) is 0 Å². The number of rotatable bonds is 6. The molecule has 0 fully saturated rings. The molecule has 0 aromatic carbocycles. The minimum atomic E-state index is -0.773. The molecule has 0 aliphatic heterocycles. The van der Waals surface area contributed by atoms with Crippen LogP contribution >= 0.6 is 22.7 Å². The van der Waals surface area contributed by atoms with Gasteiger partial charge in [0.25, 0.3) is 5.91 Å². The second-order valence-corrected chi connectivity index (χ2v) is 9.12. The summed E-state index contributed by atoms with van der Waals surface area (Å²) in [5.41, 5.74) is 0.241. The number of carbonyl (C=O) groups is 1. The first kappa shape index (κ1) is 19.9. The van der Waals surface area contributed by atoms with E-state index in [-0.39, 0.29) is 29.3 Å². The van der Waals surface area contributed by atoms with Gasteiger partial charge in [-0.1, -0.05) is 19.9 Å². The number of allylic oxidation sites excluding steroid dienone is 3. The van der Waals surface area contributed by atoms with Crippen molar-refractivity contribution < 1.29 is 14.3 Å². The first-order chi connectivity index (χ1) is 12.8. The van der Waals surface area contributed by atoms with Crippen LogP contribution in [0.1, 0.15) is 46.6 Å². The van der Waals surface area contributed by atoms with Gasteiger partial charge in [-0.05, 0) is 37.3 Å². The van der Waals surface area contributed by atoms with Crippen LogP contribution in [0.3, 0.4) is 0 Å². The third-order valence-corrected chi connectivity index (χ3v) is 6.42. The summed E-state index contributed by atoms with van der Waals surface area (Å²) < 4.78 is 13.0. The molecule has 0 saturated carbocycles. The summed E-state index contributed by atoms with van der Waals surface area (Å²) in [6, 6.07) is 0. The molecule has 2 atom stereocenters. The van der Waals surface area contributed by atoms with E-state index in [4.69, 9.17) is 0 Å². The molecule has 1 amide bonds. The van der Waals surface area contributed by atoms with Crippen LogP contribution in [0.25, 0.3) is 10.0 Å². The summed E-state index contributed by atoms with van der Waals surface area (Å²) in [7, 11) is 0. The molecule has 3 rings (SSSR count). The molecular weight excluding hydrogens is 385 g/mol. The molecule has 0 bridgehead atoms. The number of nitrogens with one attached hydrogen (secondary N) is 1. The number of carbonyl (C=O) groups excluding carboxylic acids is 1. The van der Waals surface area contributed by atoms with Gasteiger partial charge in [0.05, 0.1) is 11.0 Å². The first-order valence-electron chi connectivity index (χ1n) is 8.78. The zero-order chi connectivity index (χ0) is 19.6. The molecule has 1 aliphatic carbocycles. The highest BCUT2D eigenvalue weighted by Gasteiger charge is 2.27. The molecule has 2 N–H and O–H groups in total. The molecule has 0 spiro atoms. The lowest BCUT2D eigenvalue weighted by Crippen LogP contribution is -2.30. The number of hydrogen-bond acceptors (Lipinski definition) is 6. The summed E-state index contributed by atoms with van der Waals surface area (Å²) in [6.45, 7) is 6.14. The molecular formula is C19H22FN3O2S2. The quantitative estimate of drug-likeness (QED) is 0.743. The number of aliphatic hydroxyl groups excluding tert-OH is 1. The third-order valence-electron chi connectivity index (χ3n) is 4.24. The van der Waals surface area contributed by atoms with E-state index in [0.717, 1.165) is 9.88 Å². The van der Waals surface area contributed by atoms with E-state index < -0.39 is 6.10 Å². The highest BCUT2D eigenvalue weighted by atomic mass is 32.1. The second-order valence-electron chi connectivity index (χ2n) is 6.85. The molecule has 0 radical (unpaired) electrons. The summed E-state index contributed by atoms with van der Waals surface area (Å²) in [6.07, 6.45) is 6.22. The van der Waals surface area contributed by atoms with Gasteiger partial charge in [-0.2, -0.15) is 0 Å².